The van der Waals surface area contributed by atoms with E-state index in [1.165, 1.54) is 26.4 Å². The van der Waals surface area contributed by atoms with Crippen molar-refractivity contribution in [1.82, 2.24) is 5.43 Å². The highest BCUT2D eigenvalue weighted by Crippen LogP contribution is 2.33. The largest absolute Gasteiger partial charge is 0.493 e. The van der Waals surface area contributed by atoms with Gasteiger partial charge < -0.3 is 9.47 Å². The number of nitriles is 1. The third-order valence-corrected chi connectivity index (χ3v) is 3.63. The van der Waals surface area contributed by atoms with Gasteiger partial charge in [0.25, 0.3) is 11.6 Å². The number of rotatable bonds is 7. The lowest BCUT2D eigenvalue weighted by Crippen LogP contribution is -2.24. The molecule has 1 atom stereocenters. The molecule has 9 nitrogen and oxygen atoms in total. The molecule has 9 heteroatoms. The summed E-state index contributed by atoms with van der Waals surface area (Å²) in [6, 6.07) is 13.0. The molecule has 0 saturated carbocycles. The number of amides is 1. The number of nitrogens with zero attached hydrogens (tertiary/aromatic N) is 3. The van der Waals surface area contributed by atoms with Crippen molar-refractivity contribution in [2.45, 2.75) is 5.92 Å². The van der Waals surface area contributed by atoms with Gasteiger partial charge in [0.05, 0.1) is 43.1 Å². The molecule has 0 fully saturated rings. The maximum absolute atomic E-state index is 12.2. The van der Waals surface area contributed by atoms with Gasteiger partial charge in [0.1, 0.15) is 0 Å². The number of nitro benzene ring substituents is 1. The Hall–Kier alpha value is -3.93. The number of ether oxygens (including phenoxy) is 2. The van der Waals surface area contributed by atoms with Gasteiger partial charge in [-0.3, -0.25) is 14.9 Å². The molecule has 0 bridgehead atoms. The van der Waals surface area contributed by atoms with Crippen molar-refractivity contribution < 1.29 is 19.2 Å². The molecule has 138 valence electrons. The molecule has 0 aliphatic heterocycles. The Balaban J connectivity index is 2.23. The average molecular weight is 368 g/mol. The number of methoxy groups -OCH3 is 2. The van der Waals surface area contributed by atoms with E-state index < -0.39 is 16.7 Å². The first kappa shape index (κ1) is 19.4. The summed E-state index contributed by atoms with van der Waals surface area (Å²) >= 11 is 0. The summed E-state index contributed by atoms with van der Waals surface area (Å²) in [6.07, 6.45) is 1.11. The van der Waals surface area contributed by atoms with E-state index in [0.717, 1.165) is 6.21 Å². The maximum atomic E-state index is 12.2. The van der Waals surface area contributed by atoms with E-state index in [4.69, 9.17) is 9.47 Å². The molecular weight excluding hydrogens is 352 g/mol. The fraction of sp³-hybridized carbons (Fsp3) is 0.167. The standard InChI is InChI=1S/C18H16N4O5/c1-26-16-8-13(15(22(24)25)9-17(16)27-2)11-20-21-18(23)14(10-19)12-6-4-3-5-7-12/h3-9,11,14H,1-2H3,(H,21,23)/b20-11-/t14-/m1/s1. The molecule has 0 aliphatic rings. The van der Waals surface area contributed by atoms with Crippen molar-refractivity contribution in [1.29, 1.82) is 5.26 Å². The lowest BCUT2D eigenvalue weighted by atomic mass is 10.0. The first-order valence-corrected chi connectivity index (χ1v) is 7.69. The van der Waals surface area contributed by atoms with Crippen LogP contribution in [0.3, 0.4) is 0 Å². The highest BCUT2D eigenvalue weighted by molar-refractivity contribution is 5.90. The van der Waals surface area contributed by atoms with E-state index in [1.54, 1.807) is 30.3 Å². The minimum atomic E-state index is -1.05. The zero-order valence-corrected chi connectivity index (χ0v) is 14.6. The van der Waals surface area contributed by atoms with Gasteiger partial charge in [0, 0.05) is 0 Å². The van der Waals surface area contributed by atoms with Gasteiger partial charge in [0.15, 0.2) is 17.4 Å². The number of hydrazone groups is 1. The van der Waals surface area contributed by atoms with Crippen LogP contribution in [0, 0.1) is 21.4 Å². The van der Waals surface area contributed by atoms with E-state index >= 15 is 0 Å². The Morgan fingerprint density at radius 2 is 1.89 bits per heavy atom. The second kappa shape index (κ2) is 8.96. The SMILES string of the molecule is COc1cc(/C=N\NC(=O)[C@H](C#N)c2ccccc2)c([N+](=O)[O-])cc1OC. The van der Waals surface area contributed by atoms with Crippen LogP contribution in [-0.2, 0) is 4.79 Å². The molecule has 2 aromatic carbocycles. The molecule has 0 radical (unpaired) electrons. The number of nitro groups is 1. The Labute approximate surface area is 155 Å². The molecule has 0 aromatic heterocycles. The predicted octanol–water partition coefficient (Wildman–Crippen LogP) is 2.37. The number of nitrogens with one attached hydrogen (secondary N) is 1. The first-order chi connectivity index (χ1) is 13.0. The van der Waals surface area contributed by atoms with Crippen LogP contribution >= 0.6 is 0 Å². The molecule has 2 rings (SSSR count). The van der Waals surface area contributed by atoms with Crippen LogP contribution in [0.2, 0.25) is 0 Å². The zero-order valence-electron chi connectivity index (χ0n) is 14.6. The van der Waals surface area contributed by atoms with Crippen molar-refractivity contribution in [3.8, 4) is 17.6 Å². The van der Waals surface area contributed by atoms with Gasteiger partial charge in [-0.15, -0.1) is 0 Å². The minimum Gasteiger partial charge on any atom is -0.493 e. The van der Waals surface area contributed by atoms with Crippen LogP contribution < -0.4 is 14.9 Å². The van der Waals surface area contributed by atoms with Crippen LogP contribution in [0.4, 0.5) is 5.69 Å². The van der Waals surface area contributed by atoms with Gasteiger partial charge in [-0.25, -0.2) is 5.43 Å². The summed E-state index contributed by atoms with van der Waals surface area (Å²) in [4.78, 5) is 22.8. The second-order valence-electron chi connectivity index (χ2n) is 5.23. The Kier molecular flexibility index (Phi) is 6.44. The molecule has 0 saturated heterocycles. The topological polar surface area (TPSA) is 127 Å². The molecule has 2 aromatic rings. The van der Waals surface area contributed by atoms with E-state index in [0.29, 0.717) is 5.56 Å². The van der Waals surface area contributed by atoms with Crippen molar-refractivity contribution in [2.24, 2.45) is 5.10 Å². The maximum Gasteiger partial charge on any atom is 0.282 e. The smallest absolute Gasteiger partial charge is 0.282 e. The Bertz CT molecular complexity index is 906. The third-order valence-electron chi connectivity index (χ3n) is 3.63. The normalized spacial score (nSPS) is 11.4. The highest BCUT2D eigenvalue weighted by atomic mass is 16.6. The van der Waals surface area contributed by atoms with Crippen molar-refractivity contribution in [2.75, 3.05) is 14.2 Å². The molecule has 0 heterocycles. The summed E-state index contributed by atoms with van der Waals surface area (Å²) in [5, 5.41) is 24.2. The second-order valence-corrected chi connectivity index (χ2v) is 5.23. The summed E-state index contributed by atoms with van der Waals surface area (Å²) in [7, 11) is 2.75. The van der Waals surface area contributed by atoms with E-state index in [1.807, 2.05) is 6.07 Å². The van der Waals surface area contributed by atoms with Gasteiger partial charge >= 0.3 is 0 Å². The minimum absolute atomic E-state index is 0.103. The van der Waals surface area contributed by atoms with Crippen LogP contribution in [-0.4, -0.2) is 31.3 Å². The van der Waals surface area contributed by atoms with Crippen LogP contribution in [0.25, 0.3) is 0 Å². The number of carbonyl (C=O) groups excluding carboxylic acids is 1. The van der Waals surface area contributed by atoms with E-state index in [2.05, 4.69) is 10.5 Å². The molecule has 27 heavy (non-hydrogen) atoms. The van der Waals surface area contributed by atoms with Crippen LogP contribution in [0.15, 0.2) is 47.6 Å². The monoisotopic (exact) mass is 368 g/mol. The van der Waals surface area contributed by atoms with Crippen LogP contribution in [0.5, 0.6) is 11.5 Å². The third kappa shape index (κ3) is 4.58. The zero-order chi connectivity index (χ0) is 19.8. The fourth-order valence-electron chi connectivity index (χ4n) is 2.31. The molecule has 0 aliphatic carbocycles. The van der Waals surface area contributed by atoms with Crippen LogP contribution in [0.1, 0.15) is 17.0 Å². The lowest BCUT2D eigenvalue weighted by Gasteiger charge is -2.09. The van der Waals surface area contributed by atoms with Crippen molar-refractivity contribution in [3.63, 3.8) is 0 Å². The average Bonchev–Trinajstić information content (AvgIpc) is 2.68. The van der Waals surface area contributed by atoms with Gasteiger partial charge in [-0.05, 0) is 11.6 Å². The van der Waals surface area contributed by atoms with E-state index in [9.17, 15) is 20.2 Å². The number of benzene rings is 2. The molecule has 0 unspecified atom stereocenters. The predicted molar refractivity (Wildman–Crippen MR) is 96.7 cm³/mol. The number of hydrogen-bond donors (Lipinski definition) is 1. The number of carbonyl (C=O) groups is 1. The highest BCUT2D eigenvalue weighted by Gasteiger charge is 2.20. The van der Waals surface area contributed by atoms with Gasteiger partial charge in [-0.2, -0.15) is 10.4 Å². The Morgan fingerprint density at radius 3 is 2.44 bits per heavy atom. The fourth-order valence-corrected chi connectivity index (χ4v) is 2.31. The molecule has 1 N–H and O–H groups in total. The molecule has 1 amide bonds. The summed E-state index contributed by atoms with van der Waals surface area (Å²) < 4.78 is 10.2. The van der Waals surface area contributed by atoms with Gasteiger partial charge in [-0.1, -0.05) is 30.3 Å². The first-order valence-electron chi connectivity index (χ1n) is 7.69. The lowest BCUT2D eigenvalue weighted by molar-refractivity contribution is -0.385. The molecule has 0 spiro atoms. The van der Waals surface area contributed by atoms with Crippen molar-refractivity contribution >= 4 is 17.8 Å². The Morgan fingerprint density at radius 1 is 1.26 bits per heavy atom. The summed E-state index contributed by atoms with van der Waals surface area (Å²) in [6.45, 7) is 0. The molecular formula is C18H16N4O5. The van der Waals surface area contributed by atoms with Gasteiger partial charge in [0.2, 0.25) is 0 Å². The number of hydrogen-bond acceptors (Lipinski definition) is 7. The summed E-state index contributed by atoms with van der Waals surface area (Å²) in [5.74, 6) is -1.24. The quantitative estimate of drug-likeness (QED) is 0.454. The van der Waals surface area contributed by atoms with E-state index in [-0.39, 0.29) is 22.7 Å². The van der Waals surface area contributed by atoms with Crippen molar-refractivity contribution in [3.05, 3.63) is 63.7 Å². The summed E-state index contributed by atoms with van der Waals surface area (Å²) in [5.41, 5.74) is 2.57.